The summed E-state index contributed by atoms with van der Waals surface area (Å²) in [5.41, 5.74) is 6.57. The van der Waals surface area contributed by atoms with Crippen molar-refractivity contribution < 1.29 is 4.74 Å². The maximum atomic E-state index is 5.85. The number of hydrogen-bond donors (Lipinski definition) is 1. The molecule has 100 valence electrons. The first kappa shape index (κ1) is 13.2. The van der Waals surface area contributed by atoms with Crippen LogP contribution >= 0.6 is 0 Å². The first-order chi connectivity index (χ1) is 8.68. The van der Waals surface area contributed by atoms with Crippen molar-refractivity contribution in [3.63, 3.8) is 0 Å². The van der Waals surface area contributed by atoms with Gasteiger partial charge in [0.15, 0.2) is 0 Å². The zero-order valence-corrected chi connectivity index (χ0v) is 11.4. The second-order valence-electron chi connectivity index (χ2n) is 5.38. The molecule has 0 bridgehead atoms. The van der Waals surface area contributed by atoms with Crippen molar-refractivity contribution in [2.24, 2.45) is 5.92 Å². The van der Waals surface area contributed by atoms with E-state index >= 15 is 0 Å². The molecule has 1 aliphatic rings. The molecule has 3 heteroatoms. The van der Waals surface area contributed by atoms with Gasteiger partial charge in [0.2, 0.25) is 0 Å². The van der Waals surface area contributed by atoms with Crippen LogP contribution in [0.3, 0.4) is 0 Å². The van der Waals surface area contributed by atoms with E-state index in [1.54, 1.807) is 0 Å². The molecule has 0 spiro atoms. The van der Waals surface area contributed by atoms with Gasteiger partial charge in [-0.15, -0.1) is 0 Å². The van der Waals surface area contributed by atoms with Crippen LogP contribution in [0, 0.1) is 5.92 Å². The van der Waals surface area contributed by atoms with E-state index in [1.807, 2.05) is 24.3 Å². The standard InChI is InChI=1S/C15H24N2O/c1-12(2)14-7-5-9-17(14)10-11-18-15-8-4-3-6-13(15)16/h3-4,6,8,12,14H,5,7,9-11,16H2,1-2H3. The van der Waals surface area contributed by atoms with E-state index in [1.165, 1.54) is 19.4 Å². The normalized spacial score (nSPS) is 20.5. The monoisotopic (exact) mass is 248 g/mol. The second-order valence-corrected chi connectivity index (χ2v) is 5.38. The third kappa shape index (κ3) is 3.16. The molecule has 0 aromatic heterocycles. The molecule has 0 aliphatic carbocycles. The van der Waals surface area contributed by atoms with Gasteiger partial charge in [0, 0.05) is 12.6 Å². The summed E-state index contributed by atoms with van der Waals surface area (Å²) in [6.07, 6.45) is 2.64. The van der Waals surface area contributed by atoms with Gasteiger partial charge in [0.05, 0.1) is 5.69 Å². The predicted molar refractivity (Wildman–Crippen MR) is 75.8 cm³/mol. The van der Waals surface area contributed by atoms with Crippen LogP contribution in [0.5, 0.6) is 5.75 Å². The van der Waals surface area contributed by atoms with Crippen LogP contribution in [0.15, 0.2) is 24.3 Å². The Morgan fingerprint density at radius 1 is 1.39 bits per heavy atom. The molecule has 1 aromatic rings. The molecule has 1 unspecified atom stereocenters. The molecule has 1 atom stereocenters. The van der Waals surface area contributed by atoms with E-state index in [0.29, 0.717) is 0 Å². The van der Waals surface area contributed by atoms with Crippen LogP contribution in [0.1, 0.15) is 26.7 Å². The van der Waals surface area contributed by atoms with E-state index < -0.39 is 0 Å². The summed E-state index contributed by atoms with van der Waals surface area (Å²) in [7, 11) is 0. The highest BCUT2D eigenvalue weighted by atomic mass is 16.5. The highest BCUT2D eigenvalue weighted by Gasteiger charge is 2.26. The first-order valence-electron chi connectivity index (χ1n) is 6.90. The van der Waals surface area contributed by atoms with Crippen molar-refractivity contribution in [2.45, 2.75) is 32.7 Å². The van der Waals surface area contributed by atoms with E-state index in [9.17, 15) is 0 Å². The summed E-state index contributed by atoms with van der Waals surface area (Å²) in [6.45, 7) is 7.53. The van der Waals surface area contributed by atoms with Crippen LogP contribution in [-0.2, 0) is 0 Å². The molecule has 1 aliphatic heterocycles. The number of rotatable bonds is 5. The summed E-state index contributed by atoms with van der Waals surface area (Å²) in [5.74, 6) is 1.53. The SMILES string of the molecule is CC(C)C1CCCN1CCOc1ccccc1N. The minimum atomic E-state index is 0.720. The third-order valence-electron chi connectivity index (χ3n) is 3.74. The molecule has 1 fully saturated rings. The first-order valence-corrected chi connectivity index (χ1v) is 6.90. The Morgan fingerprint density at radius 3 is 2.89 bits per heavy atom. The molecule has 1 saturated heterocycles. The van der Waals surface area contributed by atoms with Crippen LogP contribution in [-0.4, -0.2) is 30.6 Å². The zero-order valence-electron chi connectivity index (χ0n) is 11.4. The van der Waals surface area contributed by atoms with Crippen molar-refractivity contribution in [3.05, 3.63) is 24.3 Å². The van der Waals surface area contributed by atoms with Gasteiger partial charge in [-0.3, -0.25) is 4.90 Å². The van der Waals surface area contributed by atoms with Crippen molar-refractivity contribution in [3.8, 4) is 5.75 Å². The highest BCUT2D eigenvalue weighted by Crippen LogP contribution is 2.24. The fourth-order valence-corrected chi connectivity index (χ4v) is 2.77. The fraction of sp³-hybridized carbons (Fsp3) is 0.600. The number of ether oxygens (including phenoxy) is 1. The maximum Gasteiger partial charge on any atom is 0.142 e. The summed E-state index contributed by atoms with van der Waals surface area (Å²) in [5, 5.41) is 0. The fourth-order valence-electron chi connectivity index (χ4n) is 2.77. The average Bonchev–Trinajstić information content (AvgIpc) is 2.80. The van der Waals surface area contributed by atoms with Crippen molar-refractivity contribution in [1.82, 2.24) is 4.90 Å². The molecule has 2 N–H and O–H groups in total. The molecule has 18 heavy (non-hydrogen) atoms. The summed E-state index contributed by atoms with van der Waals surface area (Å²) < 4.78 is 5.76. The quantitative estimate of drug-likeness (QED) is 0.814. The van der Waals surface area contributed by atoms with E-state index in [2.05, 4.69) is 18.7 Å². The van der Waals surface area contributed by atoms with Gasteiger partial charge in [-0.25, -0.2) is 0 Å². The van der Waals surface area contributed by atoms with Gasteiger partial charge >= 0.3 is 0 Å². The van der Waals surface area contributed by atoms with Gasteiger partial charge < -0.3 is 10.5 Å². The number of likely N-dealkylation sites (tertiary alicyclic amines) is 1. The number of nitrogens with zero attached hydrogens (tertiary/aromatic N) is 1. The number of hydrogen-bond acceptors (Lipinski definition) is 3. The zero-order chi connectivity index (χ0) is 13.0. The largest absolute Gasteiger partial charge is 0.490 e. The molecule has 3 nitrogen and oxygen atoms in total. The molecular formula is C15H24N2O. The second kappa shape index (κ2) is 6.10. The number of benzene rings is 1. The Morgan fingerprint density at radius 2 is 2.17 bits per heavy atom. The third-order valence-corrected chi connectivity index (χ3v) is 3.74. The van der Waals surface area contributed by atoms with Crippen LogP contribution in [0.4, 0.5) is 5.69 Å². The number of anilines is 1. The minimum absolute atomic E-state index is 0.720. The highest BCUT2D eigenvalue weighted by molar-refractivity contribution is 5.51. The summed E-state index contributed by atoms with van der Waals surface area (Å²) in [4.78, 5) is 2.55. The van der Waals surface area contributed by atoms with Crippen molar-refractivity contribution >= 4 is 5.69 Å². The van der Waals surface area contributed by atoms with Gasteiger partial charge in [0.25, 0.3) is 0 Å². The lowest BCUT2D eigenvalue weighted by atomic mass is 10.0. The lowest BCUT2D eigenvalue weighted by Gasteiger charge is -2.27. The van der Waals surface area contributed by atoms with E-state index in [4.69, 9.17) is 10.5 Å². The maximum absolute atomic E-state index is 5.85. The average molecular weight is 248 g/mol. The van der Waals surface area contributed by atoms with E-state index in [0.717, 1.165) is 36.5 Å². The topological polar surface area (TPSA) is 38.5 Å². The van der Waals surface area contributed by atoms with Gasteiger partial charge in [-0.05, 0) is 37.4 Å². The summed E-state index contributed by atoms with van der Waals surface area (Å²) in [6, 6.07) is 8.42. The predicted octanol–water partition coefficient (Wildman–Crippen LogP) is 2.77. The Labute approximate surface area is 110 Å². The molecule has 0 amide bonds. The van der Waals surface area contributed by atoms with Gasteiger partial charge in [-0.1, -0.05) is 26.0 Å². The Hall–Kier alpha value is -1.22. The molecule has 2 rings (SSSR count). The number of nitrogen functional groups attached to an aromatic ring is 1. The Kier molecular flexibility index (Phi) is 4.48. The van der Waals surface area contributed by atoms with Crippen molar-refractivity contribution in [1.29, 1.82) is 0 Å². The number of para-hydroxylation sites is 2. The lowest BCUT2D eigenvalue weighted by Crippen LogP contribution is -2.36. The van der Waals surface area contributed by atoms with Crippen LogP contribution < -0.4 is 10.5 Å². The molecular weight excluding hydrogens is 224 g/mol. The van der Waals surface area contributed by atoms with E-state index in [-0.39, 0.29) is 0 Å². The van der Waals surface area contributed by atoms with Crippen molar-refractivity contribution in [2.75, 3.05) is 25.4 Å². The Balaban J connectivity index is 1.80. The van der Waals surface area contributed by atoms with Gasteiger partial charge in [0.1, 0.15) is 12.4 Å². The molecule has 0 saturated carbocycles. The lowest BCUT2D eigenvalue weighted by molar-refractivity contribution is 0.169. The Bertz CT molecular complexity index is 379. The molecule has 0 radical (unpaired) electrons. The van der Waals surface area contributed by atoms with Crippen LogP contribution in [0.2, 0.25) is 0 Å². The number of nitrogens with two attached hydrogens (primary N) is 1. The van der Waals surface area contributed by atoms with Crippen LogP contribution in [0.25, 0.3) is 0 Å². The molecule has 1 heterocycles. The minimum Gasteiger partial charge on any atom is -0.490 e. The smallest absolute Gasteiger partial charge is 0.142 e. The molecule has 1 aromatic carbocycles. The summed E-state index contributed by atoms with van der Waals surface area (Å²) >= 11 is 0. The van der Waals surface area contributed by atoms with Gasteiger partial charge in [-0.2, -0.15) is 0 Å².